The standard InChI is InChI=1S/C9H12P/c1-2-8-10-9-6-4-3-5-7-9/h3-7,10H,1-2,8H2. The van der Waals surface area contributed by atoms with Gasteiger partial charge in [-0.2, -0.15) is 0 Å². The highest BCUT2D eigenvalue weighted by atomic mass is 31.1. The summed E-state index contributed by atoms with van der Waals surface area (Å²) in [5.74, 6) is 0. The molecule has 0 saturated heterocycles. The van der Waals surface area contributed by atoms with Crippen molar-refractivity contribution in [1.82, 2.24) is 0 Å². The highest BCUT2D eigenvalue weighted by Gasteiger charge is 1.86. The molecule has 1 atom stereocenters. The fourth-order valence-corrected chi connectivity index (χ4v) is 1.68. The SMILES string of the molecule is [CH2]CCPc1ccccc1. The Kier molecular flexibility index (Phi) is 3.46. The van der Waals surface area contributed by atoms with Crippen LogP contribution in [-0.4, -0.2) is 6.16 Å². The highest BCUT2D eigenvalue weighted by molar-refractivity contribution is 7.47. The zero-order chi connectivity index (χ0) is 7.23. The van der Waals surface area contributed by atoms with Crippen molar-refractivity contribution in [1.29, 1.82) is 0 Å². The summed E-state index contributed by atoms with van der Waals surface area (Å²) in [6.45, 7) is 3.81. The van der Waals surface area contributed by atoms with Gasteiger partial charge >= 0.3 is 0 Å². The second-order valence-electron chi connectivity index (χ2n) is 2.15. The molecule has 0 N–H and O–H groups in total. The zero-order valence-electron chi connectivity index (χ0n) is 6.01. The Labute approximate surface area is 64.4 Å². The first kappa shape index (κ1) is 7.75. The predicted octanol–water partition coefficient (Wildman–Crippen LogP) is 2.21. The lowest BCUT2D eigenvalue weighted by atomic mass is 10.4. The molecule has 0 heterocycles. The Bertz CT molecular complexity index is 169. The maximum Gasteiger partial charge on any atom is -0.0271 e. The minimum absolute atomic E-state index is 0.942. The molecule has 10 heavy (non-hydrogen) atoms. The van der Waals surface area contributed by atoms with Gasteiger partial charge in [-0.25, -0.2) is 0 Å². The van der Waals surface area contributed by atoms with Gasteiger partial charge in [-0.1, -0.05) is 45.8 Å². The van der Waals surface area contributed by atoms with Crippen LogP contribution in [0.2, 0.25) is 0 Å². The van der Waals surface area contributed by atoms with Crippen LogP contribution in [0.5, 0.6) is 0 Å². The molecule has 1 aromatic rings. The van der Waals surface area contributed by atoms with E-state index in [-0.39, 0.29) is 0 Å². The van der Waals surface area contributed by atoms with E-state index < -0.39 is 0 Å². The van der Waals surface area contributed by atoms with Gasteiger partial charge in [0, 0.05) is 0 Å². The third-order valence-corrected chi connectivity index (χ3v) is 2.62. The molecule has 0 nitrogen and oxygen atoms in total. The van der Waals surface area contributed by atoms with Crippen molar-refractivity contribution in [2.24, 2.45) is 0 Å². The van der Waals surface area contributed by atoms with Gasteiger partial charge in [0.1, 0.15) is 0 Å². The highest BCUT2D eigenvalue weighted by Crippen LogP contribution is 2.09. The largest absolute Gasteiger partial charge is 0.0904 e. The normalized spacial score (nSPS) is 10.9. The monoisotopic (exact) mass is 151 g/mol. The van der Waals surface area contributed by atoms with E-state index in [1.54, 1.807) is 0 Å². The lowest BCUT2D eigenvalue weighted by Crippen LogP contribution is -1.91. The molecule has 0 spiro atoms. The first-order valence-corrected chi connectivity index (χ1v) is 4.72. The summed E-state index contributed by atoms with van der Waals surface area (Å²) in [6.07, 6.45) is 2.28. The first-order chi connectivity index (χ1) is 4.93. The third kappa shape index (κ3) is 2.49. The lowest BCUT2D eigenvalue weighted by molar-refractivity contribution is 1.24. The van der Waals surface area contributed by atoms with E-state index in [9.17, 15) is 0 Å². The number of hydrogen-bond donors (Lipinski definition) is 0. The van der Waals surface area contributed by atoms with Crippen molar-refractivity contribution in [3.8, 4) is 0 Å². The number of rotatable bonds is 3. The van der Waals surface area contributed by atoms with E-state index in [1.165, 1.54) is 11.5 Å². The quantitative estimate of drug-likeness (QED) is 0.581. The van der Waals surface area contributed by atoms with Crippen molar-refractivity contribution in [3.63, 3.8) is 0 Å². The molecule has 0 aliphatic carbocycles. The Balaban J connectivity index is 2.43. The van der Waals surface area contributed by atoms with Crippen LogP contribution in [0.1, 0.15) is 6.42 Å². The average Bonchev–Trinajstić information content (AvgIpc) is 2.03. The van der Waals surface area contributed by atoms with Gasteiger partial charge in [0.2, 0.25) is 0 Å². The van der Waals surface area contributed by atoms with Gasteiger partial charge in [-0.15, -0.1) is 0 Å². The molecule has 1 radical (unpaired) electrons. The van der Waals surface area contributed by atoms with Crippen molar-refractivity contribution in [2.75, 3.05) is 6.16 Å². The van der Waals surface area contributed by atoms with Crippen LogP contribution in [0.4, 0.5) is 0 Å². The van der Waals surface area contributed by atoms with Crippen LogP contribution in [0.25, 0.3) is 0 Å². The molecule has 0 saturated carbocycles. The lowest BCUT2D eigenvalue weighted by Gasteiger charge is -1.96. The summed E-state index contributed by atoms with van der Waals surface area (Å²) in [5, 5.41) is 1.45. The smallest absolute Gasteiger partial charge is 0.0271 e. The Morgan fingerprint density at radius 3 is 2.50 bits per heavy atom. The summed E-state index contributed by atoms with van der Waals surface area (Å²) in [7, 11) is 0.942. The Hall–Kier alpha value is -0.350. The van der Waals surface area contributed by atoms with Gasteiger partial charge in [-0.3, -0.25) is 0 Å². The number of hydrogen-bond acceptors (Lipinski definition) is 0. The van der Waals surface area contributed by atoms with Gasteiger partial charge < -0.3 is 0 Å². The van der Waals surface area contributed by atoms with E-state index >= 15 is 0 Å². The molecule has 0 amide bonds. The second-order valence-corrected chi connectivity index (χ2v) is 3.58. The van der Waals surface area contributed by atoms with Crippen LogP contribution in [0, 0.1) is 6.92 Å². The van der Waals surface area contributed by atoms with E-state index in [4.69, 9.17) is 0 Å². The Morgan fingerprint density at radius 1 is 1.20 bits per heavy atom. The summed E-state index contributed by atoms with van der Waals surface area (Å²) < 4.78 is 0. The molecule has 0 aliphatic rings. The second kappa shape index (κ2) is 4.46. The third-order valence-electron chi connectivity index (χ3n) is 1.28. The van der Waals surface area contributed by atoms with Crippen LogP contribution in [0.3, 0.4) is 0 Å². The van der Waals surface area contributed by atoms with Crippen molar-refractivity contribution < 1.29 is 0 Å². The van der Waals surface area contributed by atoms with E-state index in [2.05, 4.69) is 37.3 Å². The molecule has 0 aliphatic heterocycles. The molecule has 0 aromatic heterocycles. The van der Waals surface area contributed by atoms with Crippen LogP contribution in [-0.2, 0) is 0 Å². The predicted molar refractivity (Wildman–Crippen MR) is 49.2 cm³/mol. The minimum atomic E-state index is 0.942. The van der Waals surface area contributed by atoms with Crippen LogP contribution in [0.15, 0.2) is 30.3 Å². The van der Waals surface area contributed by atoms with E-state index in [0.29, 0.717) is 0 Å². The molecule has 0 fully saturated rings. The minimum Gasteiger partial charge on any atom is -0.0904 e. The maximum absolute atomic E-state index is 3.81. The molecule has 53 valence electrons. The van der Waals surface area contributed by atoms with Crippen LogP contribution >= 0.6 is 8.58 Å². The van der Waals surface area contributed by atoms with Crippen molar-refractivity contribution in [2.45, 2.75) is 6.42 Å². The van der Waals surface area contributed by atoms with Crippen molar-refractivity contribution in [3.05, 3.63) is 37.3 Å². The zero-order valence-corrected chi connectivity index (χ0v) is 7.01. The topological polar surface area (TPSA) is 0 Å². The van der Waals surface area contributed by atoms with E-state index in [1.807, 2.05) is 0 Å². The maximum atomic E-state index is 3.81. The summed E-state index contributed by atoms with van der Waals surface area (Å²) in [4.78, 5) is 0. The fraction of sp³-hybridized carbons (Fsp3) is 0.222. The van der Waals surface area contributed by atoms with Crippen molar-refractivity contribution >= 4 is 13.9 Å². The van der Waals surface area contributed by atoms with Crippen LogP contribution < -0.4 is 5.30 Å². The molecular formula is C9H12P. The summed E-state index contributed by atoms with van der Waals surface area (Å²) >= 11 is 0. The molecule has 1 aromatic carbocycles. The Morgan fingerprint density at radius 2 is 1.90 bits per heavy atom. The average molecular weight is 151 g/mol. The molecule has 1 rings (SSSR count). The summed E-state index contributed by atoms with van der Waals surface area (Å²) in [6, 6.07) is 10.6. The summed E-state index contributed by atoms with van der Waals surface area (Å²) in [5.41, 5.74) is 0. The van der Waals surface area contributed by atoms with E-state index in [0.717, 1.165) is 15.0 Å². The molecular weight excluding hydrogens is 139 g/mol. The van der Waals surface area contributed by atoms with Gasteiger partial charge in [0.05, 0.1) is 0 Å². The van der Waals surface area contributed by atoms with Gasteiger partial charge in [-0.05, 0) is 17.9 Å². The molecule has 0 bridgehead atoms. The molecule has 1 unspecified atom stereocenters. The molecule has 1 heteroatoms. The first-order valence-electron chi connectivity index (χ1n) is 3.51. The fourth-order valence-electron chi connectivity index (χ4n) is 0.789. The number of benzene rings is 1. The van der Waals surface area contributed by atoms with Gasteiger partial charge in [0.25, 0.3) is 0 Å². The van der Waals surface area contributed by atoms with Gasteiger partial charge in [0.15, 0.2) is 0 Å².